The van der Waals surface area contributed by atoms with E-state index in [1.165, 1.54) is 0 Å². The summed E-state index contributed by atoms with van der Waals surface area (Å²) in [7, 11) is 0. The van der Waals surface area contributed by atoms with Gasteiger partial charge in [-0.05, 0) is 25.3 Å². The molecule has 1 aliphatic carbocycles. The number of carbonyl (C=O) groups excluding carboxylic acids is 3. The molecule has 1 aliphatic heterocycles. The number of hydrogen-bond donors (Lipinski definition) is 1. The first-order valence-electron chi connectivity index (χ1n) is 7.88. The summed E-state index contributed by atoms with van der Waals surface area (Å²) >= 11 is 0. The van der Waals surface area contributed by atoms with Crippen molar-refractivity contribution >= 4 is 17.7 Å². The van der Waals surface area contributed by atoms with Crippen molar-refractivity contribution in [3.8, 4) is 0 Å². The van der Waals surface area contributed by atoms with Crippen LogP contribution in [0, 0.1) is 18.8 Å². The van der Waals surface area contributed by atoms with E-state index in [1.54, 1.807) is 0 Å². The largest absolute Gasteiger partial charge is 0.350 e. The number of allylic oxidation sites excluding steroid dienone is 2. The fourth-order valence-corrected chi connectivity index (χ4v) is 3.13. The van der Waals surface area contributed by atoms with Gasteiger partial charge in [0.2, 0.25) is 17.7 Å². The number of amides is 3. The van der Waals surface area contributed by atoms with Gasteiger partial charge in [-0.15, -0.1) is 0 Å². The van der Waals surface area contributed by atoms with Crippen LogP contribution in [0.1, 0.15) is 24.0 Å². The van der Waals surface area contributed by atoms with Crippen LogP contribution in [-0.2, 0) is 20.9 Å². The molecule has 1 fully saturated rings. The van der Waals surface area contributed by atoms with Crippen molar-refractivity contribution < 1.29 is 14.4 Å². The highest BCUT2D eigenvalue weighted by Gasteiger charge is 2.47. The molecule has 2 unspecified atom stereocenters. The molecule has 3 rings (SSSR count). The molecule has 2 aliphatic rings. The summed E-state index contributed by atoms with van der Waals surface area (Å²) in [5.41, 5.74) is 2.14. The van der Waals surface area contributed by atoms with Gasteiger partial charge in [0.1, 0.15) is 6.54 Å². The minimum Gasteiger partial charge on any atom is -0.350 e. The van der Waals surface area contributed by atoms with Crippen molar-refractivity contribution in [2.45, 2.75) is 26.3 Å². The zero-order valence-electron chi connectivity index (χ0n) is 13.1. The number of nitrogens with zero attached hydrogens (tertiary/aromatic N) is 1. The molecule has 5 nitrogen and oxygen atoms in total. The van der Waals surface area contributed by atoms with Gasteiger partial charge in [0.25, 0.3) is 0 Å². The molecular weight excluding hydrogens is 292 g/mol. The molecule has 23 heavy (non-hydrogen) atoms. The van der Waals surface area contributed by atoms with E-state index in [0.717, 1.165) is 16.0 Å². The average Bonchev–Trinajstić information content (AvgIpc) is 2.80. The number of nitrogens with one attached hydrogen (secondary N) is 1. The topological polar surface area (TPSA) is 66.5 Å². The van der Waals surface area contributed by atoms with Gasteiger partial charge in [-0.1, -0.05) is 42.0 Å². The lowest BCUT2D eigenvalue weighted by Crippen LogP contribution is -2.40. The summed E-state index contributed by atoms with van der Waals surface area (Å²) in [6.45, 7) is 2.21. The predicted molar refractivity (Wildman–Crippen MR) is 85.1 cm³/mol. The van der Waals surface area contributed by atoms with Gasteiger partial charge in [-0.3, -0.25) is 19.3 Å². The number of fused-ring (bicyclic) bond motifs is 1. The zero-order chi connectivity index (χ0) is 16.4. The maximum absolute atomic E-state index is 12.3. The summed E-state index contributed by atoms with van der Waals surface area (Å²) in [6, 6.07) is 7.85. The van der Waals surface area contributed by atoms with E-state index in [4.69, 9.17) is 0 Å². The first kappa shape index (κ1) is 15.5. The Balaban J connectivity index is 1.56. The SMILES string of the molecule is Cc1ccc(CNC(=O)CN2C(=O)C3CC=CCC3C2=O)cc1. The number of carbonyl (C=O) groups is 3. The highest BCUT2D eigenvalue weighted by atomic mass is 16.2. The maximum Gasteiger partial charge on any atom is 0.240 e. The Morgan fingerprint density at radius 3 is 2.22 bits per heavy atom. The van der Waals surface area contributed by atoms with Crippen LogP contribution < -0.4 is 5.32 Å². The molecule has 1 N–H and O–H groups in total. The molecule has 5 heteroatoms. The highest BCUT2D eigenvalue weighted by Crippen LogP contribution is 2.34. The molecule has 0 spiro atoms. The van der Waals surface area contributed by atoms with E-state index in [0.29, 0.717) is 19.4 Å². The van der Waals surface area contributed by atoms with E-state index in [-0.39, 0.29) is 36.1 Å². The van der Waals surface area contributed by atoms with Crippen molar-refractivity contribution in [3.05, 3.63) is 47.5 Å². The Bertz CT molecular complexity index is 637. The van der Waals surface area contributed by atoms with Gasteiger partial charge in [0.05, 0.1) is 11.8 Å². The molecule has 1 aromatic carbocycles. The van der Waals surface area contributed by atoms with Crippen LogP contribution in [-0.4, -0.2) is 29.2 Å². The third kappa shape index (κ3) is 3.18. The van der Waals surface area contributed by atoms with Gasteiger partial charge in [0, 0.05) is 6.54 Å². The smallest absolute Gasteiger partial charge is 0.240 e. The Hall–Kier alpha value is -2.43. The Kier molecular flexibility index (Phi) is 4.28. The monoisotopic (exact) mass is 312 g/mol. The third-order valence-corrected chi connectivity index (χ3v) is 4.51. The standard InChI is InChI=1S/C18H20N2O3/c1-12-6-8-13(9-7-12)10-19-16(21)11-20-17(22)14-4-2-3-5-15(14)18(20)23/h2-3,6-9,14-15H,4-5,10-11H2,1H3,(H,19,21). The molecule has 0 bridgehead atoms. The van der Waals surface area contributed by atoms with E-state index in [2.05, 4.69) is 5.32 Å². The van der Waals surface area contributed by atoms with Crippen molar-refractivity contribution in [3.63, 3.8) is 0 Å². The van der Waals surface area contributed by atoms with E-state index in [1.807, 2.05) is 43.3 Å². The fourth-order valence-electron chi connectivity index (χ4n) is 3.13. The fraction of sp³-hybridized carbons (Fsp3) is 0.389. The summed E-state index contributed by atoms with van der Waals surface area (Å²) in [5, 5.41) is 2.77. The second kappa shape index (κ2) is 6.36. The highest BCUT2D eigenvalue weighted by molar-refractivity contribution is 6.07. The molecule has 120 valence electrons. The summed E-state index contributed by atoms with van der Waals surface area (Å²) in [5.74, 6) is -1.29. The molecule has 0 aromatic heterocycles. The Labute approximate surface area is 135 Å². The summed E-state index contributed by atoms with van der Waals surface area (Å²) < 4.78 is 0. The Morgan fingerprint density at radius 1 is 1.09 bits per heavy atom. The van der Waals surface area contributed by atoms with E-state index in [9.17, 15) is 14.4 Å². The summed E-state index contributed by atoms with van der Waals surface area (Å²) in [6.07, 6.45) is 5.06. The predicted octanol–water partition coefficient (Wildman–Crippen LogP) is 1.56. The van der Waals surface area contributed by atoms with Gasteiger partial charge >= 0.3 is 0 Å². The van der Waals surface area contributed by atoms with Crippen molar-refractivity contribution in [1.82, 2.24) is 10.2 Å². The van der Waals surface area contributed by atoms with Crippen molar-refractivity contribution in [2.24, 2.45) is 11.8 Å². The molecule has 1 heterocycles. The van der Waals surface area contributed by atoms with Crippen LogP contribution >= 0.6 is 0 Å². The first-order valence-corrected chi connectivity index (χ1v) is 7.88. The van der Waals surface area contributed by atoms with Crippen molar-refractivity contribution in [2.75, 3.05) is 6.54 Å². The van der Waals surface area contributed by atoms with Gasteiger partial charge in [-0.2, -0.15) is 0 Å². The molecule has 1 saturated heterocycles. The molecule has 0 saturated carbocycles. The third-order valence-electron chi connectivity index (χ3n) is 4.51. The van der Waals surface area contributed by atoms with Crippen LogP contribution in [0.25, 0.3) is 0 Å². The second-order valence-corrected chi connectivity index (χ2v) is 6.18. The Morgan fingerprint density at radius 2 is 1.65 bits per heavy atom. The average molecular weight is 312 g/mol. The van der Waals surface area contributed by atoms with Crippen LogP contribution in [0.3, 0.4) is 0 Å². The molecular formula is C18H20N2O3. The normalized spacial score (nSPS) is 23.1. The maximum atomic E-state index is 12.3. The van der Waals surface area contributed by atoms with Crippen LogP contribution in [0.2, 0.25) is 0 Å². The number of imide groups is 1. The number of hydrogen-bond acceptors (Lipinski definition) is 3. The van der Waals surface area contributed by atoms with E-state index < -0.39 is 0 Å². The van der Waals surface area contributed by atoms with Crippen LogP contribution in [0.4, 0.5) is 0 Å². The number of likely N-dealkylation sites (tertiary alicyclic amines) is 1. The number of benzene rings is 1. The zero-order valence-corrected chi connectivity index (χ0v) is 13.1. The number of aryl methyl sites for hydroxylation is 1. The van der Waals surface area contributed by atoms with Crippen LogP contribution in [0.5, 0.6) is 0 Å². The number of rotatable bonds is 4. The second-order valence-electron chi connectivity index (χ2n) is 6.18. The lowest BCUT2D eigenvalue weighted by molar-refractivity contribution is -0.143. The van der Waals surface area contributed by atoms with Crippen LogP contribution in [0.15, 0.2) is 36.4 Å². The molecule has 3 amide bonds. The lowest BCUT2D eigenvalue weighted by Gasteiger charge is -2.14. The van der Waals surface area contributed by atoms with E-state index >= 15 is 0 Å². The van der Waals surface area contributed by atoms with Gasteiger partial charge < -0.3 is 5.32 Å². The van der Waals surface area contributed by atoms with Gasteiger partial charge in [-0.25, -0.2) is 0 Å². The minimum absolute atomic E-state index is 0.184. The quantitative estimate of drug-likeness (QED) is 0.678. The lowest BCUT2D eigenvalue weighted by atomic mass is 9.85. The molecule has 0 radical (unpaired) electrons. The first-order chi connectivity index (χ1) is 11.1. The van der Waals surface area contributed by atoms with Gasteiger partial charge in [0.15, 0.2) is 0 Å². The minimum atomic E-state index is -0.307. The molecule has 2 atom stereocenters. The summed E-state index contributed by atoms with van der Waals surface area (Å²) in [4.78, 5) is 37.8. The molecule has 1 aromatic rings. The van der Waals surface area contributed by atoms with Crippen molar-refractivity contribution in [1.29, 1.82) is 0 Å².